The second-order valence-electron chi connectivity index (χ2n) is 7.31. The lowest BCUT2D eigenvalue weighted by Crippen LogP contribution is -2.43. The van der Waals surface area contributed by atoms with E-state index in [0.717, 1.165) is 44.9 Å². The highest BCUT2D eigenvalue weighted by Gasteiger charge is 2.26. The third kappa shape index (κ3) is 5.07. The smallest absolute Gasteiger partial charge is 0.224 e. The van der Waals surface area contributed by atoms with E-state index >= 15 is 0 Å². The Morgan fingerprint density at radius 3 is 2.61 bits per heavy atom. The van der Waals surface area contributed by atoms with Crippen LogP contribution in [0.15, 0.2) is 30.3 Å². The lowest BCUT2D eigenvalue weighted by atomic mass is 9.89. The van der Waals surface area contributed by atoms with Gasteiger partial charge in [0.2, 0.25) is 5.91 Å². The fourth-order valence-corrected chi connectivity index (χ4v) is 4.04. The molecule has 0 bridgehead atoms. The van der Waals surface area contributed by atoms with Crippen LogP contribution >= 0.6 is 0 Å². The second-order valence-corrected chi connectivity index (χ2v) is 7.31. The van der Waals surface area contributed by atoms with Crippen molar-refractivity contribution in [2.75, 3.05) is 19.6 Å². The minimum absolute atomic E-state index is 0.177. The zero-order valence-corrected chi connectivity index (χ0v) is 14.2. The zero-order valence-electron chi connectivity index (χ0n) is 14.2. The highest BCUT2D eigenvalue weighted by atomic mass is 16.1. The van der Waals surface area contributed by atoms with Crippen LogP contribution in [0.1, 0.15) is 50.5 Å². The first-order valence-electron chi connectivity index (χ1n) is 9.35. The average molecular weight is 314 g/mol. The van der Waals surface area contributed by atoms with Crippen LogP contribution in [0.2, 0.25) is 0 Å². The lowest BCUT2D eigenvalue weighted by molar-refractivity contribution is -0.127. The largest absolute Gasteiger partial charge is 0.356 e. The molecule has 1 heterocycles. The highest BCUT2D eigenvalue weighted by molar-refractivity contribution is 5.78. The third-order valence-electron chi connectivity index (χ3n) is 5.42. The van der Waals surface area contributed by atoms with E-state index in [1.165, 1.54) is 37.7 Å². The summed E-state index contributed by atoms with van der Waals surface area (Å²) in [5.74, 6) is 1.18. The van der Waals surface area contributed by atoms with Gasteiger partial charge in [-0.15, -0.1) is 0 Å². The van der Waals surface area contributed by atoms with Crippen molar-refractivity contribution < 1.29 is 4.79 Å². The minimum atomic E-state index is 0.177. The first kappa shape index (κ1) is 16.5. The molecular weight excluding hydrogens is 284 g/mol. The van der Waals surface area contributed by atoms with Crippen LogP contribution in [0, 0.1) is 11.8 Å². The maximum atomic E-state index is 12.5. The summed E-state index contributed by atoms with van der Waals surface area (Å²) in [5.41, 5.74) is 1.34. The summed E-state index contributed by atoms with van der Waals surface area (Å²) in [7, 11) is 0. The van der Waals surface area contributed by atoms with Crippen molar-refractivity contribution in [2.24, 2.45) is 11.8 Å². The van der Waals surface area contributed by atoms with E-state index in [4.69, 9.17) is 0 Å². The Hall–Kier alpha value is -1.35. The third-order valence-corrected chi connectivity index (χ3v) is 5.42. The molecule has 3 nitrogen and oxygen atoms in total. The number of nitrogens with one attached hydrogen (secondary N) is 1. The van der Waals surface area contributed by atoms with Crippen LogP contribution in [0.4, 0.5) is 0 Å². The van der Waals surface area contributed by atoms with E-state index in [1.807, 2.05) is 0 Å². The highest BCUT2D eigenvalue weighted by Crippen LogP contribution is 2.23. The molecule has 0 aromatic heterocycles. The van der Waals surface area contributed by atoms with Gasteiger partial charge in [0.15, 0.2) is 0 Å². The van der Waals surface area contributed by atoms with Crippen LogP contribution in [0.5, 0.6) is 0 Å². The van der Waals surface area contributed by atoms with Gasteiger partial charge in [0.05, 0.1) is 5.92 Å². The molecule has 1 atom stereocenters. The second kappa shape index (κ2) is 8.49. The Bertz CT molecular complexity index is 482. The van der Waals surface area contributed by atoms with Gasteiger partial charge in [-0.25, -0.2) is 0 Å². The fraction of sp³-hybridized carbons (Fsp3) is 0.650. The monoisotopic (exact) mass is 314 g/mol. The molecule has 1 amide bonds. The Labute approximate surface area is 140 Å². The summed E-state index contributed by atoms with van der Waals surface area (Å²) < 4.78 is 0. The SMILES string of the molecule is O=C(NCC1CCCCC1)C1CCCN(Cc2ccccc2)C1. The molecule has 1 aromatic rings. The number of rotatable bonds is 5. The van der Waals surface area contributed by atoms with Crippen LogP contribution in [-0.4, -0.2) is 30.4 Å². The van der Waals surface area contributed by atoms with Gasteiger partial charge in [-0.2, -0.15) is 0 Å². The number of benzene rings is 1. The molecule has 126 valence electrons. The molecule has 0 radical (unpaired) electrons. The number of carbonyl (C=O) groups excluding carboxylic acids is 1. The summed E-state index contributed by atoms with van der Waals surface area (Å²) in [6.45, 7) is 3.88. The van der Waals surface area contributed by atoms with E-state index in [9.17, 15) is 4.79 Å². The maximum Gasteiger partial charge on any atom is 0.224 e. The predicted molar refractivity (Wildman–Crippen MR) is 94.0 cm³/mol. The molecular formula is C20H30N2O. The van der Waals surface area contributed by atoms with Crippen molar-refractivity contribution in [3.05, 3.63) is 35.9 Å². The first-order chi connectivity index (χ1) is 11.3. The number of carbonyl (C=O) groups is 1. The molecule has 1 N–H and O–H groups in total. The van der Waals surface area contributed by atoms with Gasteiger partial charge in [-0.05, 0) is 43.7 Å². The van der Waals surface area contributed by atoms with Gasteiger partial charge < -0.3 is 5.32 Å². The summed E-state index contributed by atoms with van der Waals surface area (Å²) in [5, 5.41) is 3.24. The number of hydrogen-bond donors (Lipinski definition) is 1. The van der Waals surface area contributed by atoms with Gasteiger partial charge in [-0.3, -0.25) is 9.69 Å². The Morgan fingerprint density at radius 1 is 1.04 bits per heavy atom. The number of hydrogen-bond acceptors (Lipinski definition) is 2. The normalized spacial score (nSPS) is 23.6. The zero-order chi connectivity index (χ0) is 15.9. The fourth-order valence-electron chi connectivity index (χ4n) is 4.04. The van der Waals surface area contributed by atoms with E-state index in [0.29, 0.717) is 0 Å². The number of nitrogens with zero attached hydrogens (tertiary/aromatic N) is 1. The molecule has 1 saturated heterocycles. The van der Waals surface area contributed by atoms with Crippen LogP contribution in [0.3, 0.4) is 0 Å². The van der Waals surface area contributed by atoms with Crippen molar-refractivity contribution >= 4 is 5.91 Å². The number of piperidine rings is 1. The first-order valence-corrected chi connectivity index (χ1v) is 9.35. The van der Waals surface area contributed by atoms with E-state index < -0.39 is 0 Å². The van der Waals surface area contributed by atoms with Crippen LogP contribution in [-0.2, 0) is 11.3 Å². The Morgan fingerprint density at radius 2 is 1.83 bits per heavy atom. The van der Waals surface area contributed by atoms with Gasteiger partial charge in [0.1, 0.15) is 0 Å². The van der Waals surface area contributed by atoms with Crippen LogP contribution < -0.4 is 5.32 Å². The molecule has 1 unspecified atom stereocenters. The quantitative estimate of drug-likeness (QED) is 0.900. The van der Waals surface area contributed by atoms with Gasteiger partial charge in [0, 0.05) is 19.6 Å². The maximum absolute atomic E-state index is 12.5. The summed E-state index contributed by atoms with van der Waals surface area (Å²) in [4.78, 5) is 14.9. The van der Waals surface area contributed by atoms with Gasteiger partial charge >= 0.3 is 0 Å². The molecule has 2 aliphatic rings. The van der Waals surface area contributed by atoms with Crippen LogP contribution in [0.25, 0.3) is 0 Å². The van der Waals surface area contributed by atoms with E-state index in [-0.39, 0.29) is 11.8 Å². The Balaban J connectivity index is 1.44. The standard InChI is InChI=1S/C20H30N2O/c23-20(21-14-17-8-3-1-4-9-17)19-12-7-13-22(16-19)15-18-10-5-2-6-11-18/h2,5-6,10-11,17,19H,1,3-4,7-9,12-16H2,(H,21,23). The molecule has 23 heavy (non-hydrogen) atoms. The van der Waals surface area contributed by atoms with E-state index in [2.05, 4.69) is 40.5 Å². The molecule has 3 heteroatoms. The van der Waals surface area contributed by atoms with Gasteiger partial charge in [-0.1, -0.05) is 49.6 Å². The lowest BCUT2D eigenvalue weighted by Gasteiger charge is -2.32. The van der Waals surface area contributed by atoms with Crippen molar-refractivity contribution in [3.63, 3.8) is 0 Å². The molecule has 1 aliphatic heterocycles. The van der Waals surface area contributed by atoms with Crippen molar-refractivity contribution in [2.45, 2.75) is 51.5 Å². The van der Waals surface area contributed by atoms with Crippen molar-refractivity contribution in [1.29, 1.82) is 0 Å². The molecule has 3 rings (SSSR count). The van der Waals surface area contributed by atoms with Gasteiger partial charge in [0.25, 0.3) is 0 Å². The molecule has 2 fully saturated rings. The Kier molecular flexibility index (Phi) is 6.09. The summed E-state index contributed by atoms with van der Waals surface area (Å²) in [6, 6.07) is 10.6. The minimum Gasteiger partial charge on any atom is -0.356 e. The van der Waals surface area contributed by atoms with Crippen molar-refractivity contribution in [1.82, 2.24) is 10.2 Å². The van der Waals surface area contributed by atoms with E-state index in [1.54, 1.807) is 0 Å². The number of amides is 1. The predicted octanol–water partition coefficient (Wildman–Crippen LogP) is 3.60. The van der Waals surface area contributed by atoms with Crippen molar-refractivity contribution in [3.8, 4) is 0 Å². The molecule has 0 spiro atoms. The number of likely N-dealkylation sites (tertiary alicyclic amines) is 1. The molecule has 1 aromatic carbocycles. The average Bonchev–Trinajstić information content (AvgIpc) is 2.62. The topological polar surface area (TPSA) is 32.3 Å². The summed E-state index contributed by atoms with van der Waals surface area (Å²) >= 11 is 0. The molecule has 1 saturated carbocycles. The summed E-state index contributed by atoms with van der Waals surface area (Å²) in [6.07, 6.45) is 8.83. The molecule has 1 aliphatic carbocycles.